The van der Waals surface area contributed by atoms with Gasteiger partial charge < -0.3 is 10.3 Å². The molecule has 3 heteroatoms. The highest BCUT2D eigenvalue weighted by molar-refractivity contribution is 5.57. The largest absolute Gasteiger partial charge is 0.336 e. The van der Waals surface area contributed by atoms with Crippen LogP contribution in [0.15, 0.2) is 42.9 Å². The molecular weight excluding hydrogens is 174 g/mol. The summed E-state index contributed by atoms with van der Waals surface area (Å²) in [4.78, 5) is 4.31. The minimum absolute atomic E-state index is 0.643. The summed E-state index contributed by atoms with van der Waals surface area (Å²) in [6, 6.07) is 10.1. The van der Waals surface area contributed by atoms with E-state index in [1.807, 2.05) is 35.3 Å². The predicted molar refractivity (Wildman–Crippen MR) is 56.7 cm³/mol. The Labute approximate surface area is 83.2 Å². The van der Waals surface area contributed by atoms with Gasteiger partial charge in [0.1, 0.15) is 0 Å². The Morgan fingerprint density at radius 1 is 1.21 bits per heavy atom. The van der Waals surface area contributed by atoms with Gasteiger partial charge in [0.05, 0.1) is 12.0 Å². The molecule has 0 fully saturated rings. The van der Waals surface area contributed by atoms with Gasteiger partial charge in [-0.3, -0.25) is 0 Å². The van der Waals surface area contributed by atoms with Crippen molar-refractivity contribution in [3.63, 3.8) is 0 Å². The lowest BCUT2D eigenvalue weighted by molar-refractivity contribution is 0.708. The fourth-order valence-corrected chi connectivity index (χ4v) is 1.39. The first-order chi connectivity index (χ1) is 6.90. The van der Waals surface area contributed by atoms with E-state index in [4.69, 9.17) is 5.73 Å². The molecule has 0 radical (unpaired) electrons. The molecule has 0 unspecified atom stereocenters. The van der Waals surface area contributed by atoms with E-state index in [0.29, 0.717) is 6.54 Å². The second-order valence-corrected chi connectivity index (χ2v) is 3.15. The molecule has 0 spiro atoms. The van der Waals surface area contributed by atoms with Crippen LogP contribution in [0.2, 0.25) is 0 Å². The van der Waals surface area contributed by atoms with E-state index in [0.717, 1.165) is 17.8 Å². The number of rotatable bonds is 3. The van der Waals surface area contributed by atoms with Crippen molar-refractivity contribution in [2.75, 3.05) is 6.54 Å². The minimum atomic E-state index is 0.643. The van der Waals surface area contributed by atoms with Crippen LogP contribution in [0.1, 0.15) is 0 Å². The number of nitrogens with zero attached hydrogens (tertiary/aromatic N) is 2. The topological polar surface area (TPSA) is 43.8 Å². The third kappa shape index (κ3) is 1.83. The summed E-state index contributed by atoms with van der Waals surface area (Å²) in [7, 11) is 0. The van der Waals surface area contributed by atoms with E-state index < -0.39 is 0 Å². The fraction of sp³-hybridized carbons (Fsp3) is 0.182. The number of hydrogen-bond donors (Lipinski definition) is 1. The van der Waals surface area contributed by atoms with E-state index in [9.17, 15) is 0 Å². The number of aromatic nitrogens is 2. The molecule has 2 N–H and O–H groups in total. The predicted octanol–water partition coefficient (Wildman–Crippen LogP) is 1.51. The van der Waals surface area contributed by atoms with Gasteiger partial charge >= 0.3 is 0 Å². The quantitative estimate of drug-likeness (QED) is 0.791. The van der Waals surface area contributed by atoms with Gasteiger partial charge in [0.25, 0.3) is 0 Å². The Hall–Kier alpha value is -1.61. The molecule has 0 aliphatic rings. The Morgan fingerprint density at radius 2 is 2.00 bits per heavy atom. The van der Waals surface area contributed by atoms with Crippen molar-refractivity contribution in [2.45, 2.75) is 6.54 Å². The van der Waals surface area contributed by atoms with Crippen LogP contribution in [0.4, 0.5) is 0 Å². The van der Waals surface area contributed by atoms with Crippen LogP contribution in [-0.2, 0) is 6.54 Å². The van der Waals surface area contributed by atoms with Crippen molar-refractivity contribution in [1.29, 1.82) is 0 Å². The first kappa shape index (κ1) is 8.97. The van der Waals surface area contributed by atoms with E-state index in [1.165, 1.54) is 0 Å². The van der Waals surface area contributed by atoms with Gasteiger partial charge in [-0.15, -0.1) is 0 Å². The number of imidazole rings is 1. The van der Waals surface area contributed by atoms with Crippen molar-refractivity contribution < 1.29 is 0 Å². The highest BCUT2D eigenvalue weighted by atomic mass is 15.0. The lowest BCUT2D eigenvalue weighted by Gasteiger charge is -1.96. The molecule has 0 bridgehead atoms. The average Bonchev–Trinajstić information content (AvgIpc) is 2.68. The van der Waals surface area contributed by atoms with Crippen molar-refractivity contribution >= 4 is 0 Å². The molecule has 0 saturated carbocycles. The maximum absolute atomic E-state index is 5.46. The van der Waals surface area contributed by atoms with Gasteiger partial charge in [0.2, 0.25) is 0 Å². The van der Waals surface area contributed by atoms with Crippen LogP contribution in [0.25, 0.3) is 11.3 Å². The Morgan fingerprint density at radius 3 is 2.71 bits per heavy atom. The van der Waals surface area contributed by atoms with Crippen LogP contribution < -0.4 is 5.73 Å². The zero-order valence-electron chi connectivity index (χ0n) is 7.93. The van der Waals surface area contributed by atoms with E-state index >= 15 is 0 Å². The van der Waals surface area contributed by atoms with Crippen LogP contribution in [0.5, 0.6) is 0 Å². The summed E-state index contributed by atoms with van der Waals surface area (Å²) in [6.07, 6.45) is 3.83. The maximum atomic E-state index is 5.46. The summed E-state index contributed by atoms with van der Waals surface area (Å²) >= 11 is 0. The summed E-state index contributed by atoms with van der Waals surface area (Å²) in [5, 5.41) is 0. The highest BCUT2D eigenvalue weighted by Gasteiger charge is 1.99. The van der Waals surface area contributed by atoms with Crippen molar-refractivity contribution in [3.05, 3.63) is 42.9 Å². The van der Waals surface area contributed by atoms with Gasteiger partial charge in [-0.1, -0.05) is 30.3 Å². The molecule has 2 aromatic rings. The van der Waals surface area contributed by atoms with Crippen molar-refractivity contribution in [2.24, 2.45) is 5.73 Å². The zero-order valence-corrected chi connectivity index (χ0v) is 7.93. The van der Waals surface area contributed by atoms with Crippen LogP contribution >= 0.6 is 0 Å². The molecule has 72 valence electrons. The molecule has 0 aliphatic heterocycles. The lowest BCUT2D eigenvalue weighted by atomic mass is 10.2. The van der Waals surface area contributed by atoms with Gasteiger partial charge in [0.15, 0.2) is 0 Å². The summed E-state index contributed by atoms with van der Waals surface area (Å²) < 4.78 is 2.00. The van der Waals surface area contributed by atoms with Crippen LogP contribution in [0, 0.1) is 0 Å². The molecule has 1 aromatic carbocycles. The summed E-state index contributed by atoms with van der Waals surface area (Å²) in [5.74, 6) is 0. The molecule has 1 aromatic heterocycles. The molecule has 0 saturated heterocycles. The van der Waals surface area contributed by atoms with Crippen LogP contribution in [-0.4, -0.2) is 16.1 Å². The maximum Gasteiger partial charge on any atom is 0.0954 e. The smallest absolute Gasteiger partial charge is 0.0954 e. The zero-order chi connectivity index (χ0) is 9.80. The third-order valence-corrected chi connectivity index (χ3v) is 2.09. The monoisotopic (exact) mass is 187 g/mol. The first-order valence-electron chi connectivity index (χ1n) is 4.67. The average molecular weight is 187 g/mol. The molecule has 2 rings (SSSR count). The van der Waals surface area contributed by atoms with Crippen molar-refractivity contribution in [3.8, 4) is 11.3 Å². The van der Waals surface area contributed by atoms with Crippen LogP contribution in [0.3, 0.4) is 0 Å². The Bertz CT molecular complexity index is 392. The summed E-state index contributed by atoms with van der Waals surface area (Å²) in [6.45, 7) is 1.46. The fourth-order valence-electron chi connectivity index (χ4n) is 1.39. The second-order valence-electron chi connectivity index (χ2n) is 3.15. The van der Waals surface area contributed by atoms with Gasteiger partial charge in [-0.05, 0) is 0 Å². The lowest BCUT2D eigenvalue weighted by Crippen LogP contribution is -2.07. The van der Waals surface area contributed by atoms with E-state index in [-0.39, 0.29) is 0 Å². The van der Waals surface area contributed by atoms with E-state index in [2.05, 4.69) is 17.1 Å². The summed E-state index contributed by atoms with van der Waals surface area (Å²) in [5.41, 5.74) is 7.60. The van der Waals surface area contributed by atoms with Crippen molar-refractivity contribution in [1.82, 2.24) is 9.55 Å². The molecular formula is C11H13N3. The normalized spacial score (nSPS) is 10.4. The van der Waals surface area contributed by atoms with Gasteiger partial charge in [-0.25, -0.2) is 4.98 Å². The molecule has 1 heterocycles. The molecule has 0 atom stereocenters. The standard InChI is InChI=1S/C11H13N3/c12-6-7-14-8-11(13-9-14)10-4-2-1-3-5-10/h1-5,8-9H,6-7,12H2. The van der Waals surface area contributed by atoms with E-state index in [1.54, 1.807) is 0 Å². The number of benzene rings is 1. The molecule has 0 amide bonds. The molecule has 14 heavy (non-hydrogen) atoms. The van der Waals surface area contributed by atoms with Gasteiger partial charge in [0, 0.05) is 24.8 Å². The minimum Gasteiger partial charge on any atom is -0.336 e. The Balaban J connectivity index is 2.25. The first-order valence-corrected chi connectivity index (χ1v) is 4.67. The Kier molecular flexibility index (Phi) is 2.60. The number of hydrogen-bond acceptors (Lipinski definition) is 2. The second kappa shape index (κ2) is 4.07. The SMILES string of the molecule is NCCn1cnc(-c2ccccc2)c1. The van der Waals surface area contributed by atoms with Gasteiger partial charge in [-0.2, -0.15) is 0 Å². The highest BCUT2D eigenvalue weighted by Crippen LogP contribution is 2.15. The number of nitrogens with two attached hydrogens (primary N) is 1. The molecule has 0 aliphatic carbocycles. The molecule has 3 nitrogen and oxygen atoms in total. The third-order valence-electron chi connectivity index (χ3n) is 2.09.